The number of carbonyl (C=O) groups is 1. The van der Waals surface area contributed by atoms with E-state index in [4.69, 9.17) is 0 Å². The first-order valence-electron chi connectivity index (χ1n) is 8.63. The number of nitrogens with zero attached hydrogens (tertiary/aromatic N) is 3. The van der Waals surface area contributed by atoms with Crippen LogP contribution in [0.3, 0.4) is 0 Å². The molecule has 0 fully saturated rings. The maximum atomic E-state index is 12.2. The van der Waals surface area contributed by atoms with E-state index in [1.807, 2.05) is 61.7 Å². The third-order valence-corrected chi connectivity index (χ3v) is 5.05. The second kappa shape index (κ2) is 8.14. The highest BCUT2D eigenvalue weighted by atomic mass is 32.1. The standard InChI is InChI=1S/C21H22N4OS/c1-14-5-8-18(9-6-14)24-22-12-19-13-27-21(23-19)25(17(4)26)20-10-7-15(2)16(3)11-20/h5-13,24H,1-4H3/b22-12-. The molecule has 0 aliphatic carbocycles. The number of hydrogen-bond donors (Lipinski definition) is 1. The Bertz CT molecular complexity index is 976. The number of rotatable bonds is 5. The molecule has 0 aliphatic rings. The second-order valence-corrected chi connectivity index (χ2v) is 7.25. The zero-order valence-electron chi connectivity index (χ0n) is 15.9. The van der Waals surface area contributed by atoms with E-state index in [0.29, 0.717) is 10.8 Å². The van der Waals surface area contributed by atoms with Crippen LogP contribution < -0.4 is 10.3 Å². The molecule has 0 unspecified atom stereocenters. The summed E-state index contributed by atoms with van der Waals surface area (Å²) in [5, 5.41) is 6.73. The molecule has 0 spiro atoms. The second-order valence-electron chi connectivity index (χ2n) is 6.41. The quantitative estimate of drug-likeness (QED) is 0.490. The summed E-state index contributed by atoms with van der Waals surface area (Å²) in [5.74, 6) is -0.0751. The fourth-order valence-electron chi connectivity index (χ4n) is 2.53. The van der Waals surface area contributed by atoms with E-state index < -0.39 is 0 Å². The van der Waals surface area contributed by atoms with Gasteiger partial charge < -0.3 is 0 Å². The van der Waals surface area contributed by atoms with Crippen molar-refractivity contribution in [2.75, 3.05) is 10.3 Å². The average molecular weight is 379 g/mol. The van der Waals surface area contributed by atoms with Crippen LogP contribution in [0, 0.1) is 20.8 Å². The molecule has 0 saturated carbocycles. The molecule has 3 aromatic rings. The highest BCUT2D eigenvalue weighted by molar-refractivity contribution is 7.14. The molecule has 5 nitrogen and oxygen atoms in total. The van der Waals surface area contributed by atoms with Gasteiger partial charge in [0.1, 0.15) is 0 Å². The number of aromatic nitrogens is 1. The highest BCUT2D eigenvalue weighted by Crippen LogP contribution is 2.29. The zero-order chi connectivity index (χ0) is 19.4. The summed E-state index contributed by atoms with van der Waals surface area (Å²) >= 11 is 1.41. The lowest BCUT2D eigenvalue weighted by molar-refractivity contribution is -0.115. The number of carbonyl (C=O) groups excluding carboxylic acids is 1. The molecule has 0 aliphatic heterocycles. The smallest absolute Gasteiger partial charge is 0.230 e. The van der Waals surface area contributed by atoms with Crippen molar-refractivity contribution >= 4 is 40.0 Å². The number of hydrazone groups is 1. The first kappa shape index (κ1) is 18.8. The van der Waals surface area contributed by atoms with Crippen LogP contribution in [0.1, 0.15) is 29.3 Å². The molecule has 0 atom stereocenters. The minimum absolute atomic E-state index is 0.0751. The molecule has 6 heteroatoms. The Hall–Kier alpha value is -2.99. The molecule has 0 bridgehead atoms. The number of benzene rings is 2. The normalized spacial score (nSPS) is 11.0. The summed E-state index contributed by atoms with van der Waals surface area (Å²) in [6, 6.07) is 13.9. The van der Waals surface area contributed by atoms with Gasteiger partial charge in [0.2, 0.25) is 5.91 Å². The molecule has 27 heavy (non-hydrogen) atoms. The van der Waals surface area contributed by atoms with Gasteiger partial charge in [0.05, 0.1) is 23.3 Å². The SMILES string of the molecule is CC(=O)N(c1ccc(C)c(C)c1)c1nc(/C=N\Nc2ccc(C)cc2)cs1. The van der Waals surface area contributed by atoms with Crippen LogP contribution in [-0.2, 0) is 4.79 Å². The number of amides is 1. The minimum Gasteiger partial charge on any atom is -0.278 e. The molecule has 1 N–H and O–H groups in total. The molecule has 1 heterocycles. The Labute approximate surface area is 163 Å². The molecule has 0 radical (unpaired) electrons. The number of nitrogens with one attached hydrogen (secondary N) is 1. The summed E-state index contributed by atoms with van der Waals surface area (Å²) < 4.78 is 0. The summed E-state index contributed by atoms with van der Waals surface area (Å²) in [6.45, 7) is 7.67. The Morgan fingerprint density at radius 2 is 1.85 bits per heavy atom. The third-order valence-electron chi connectivity index (χ3n) is 4.21. The fraction of sp³-hybridized carbons (Fsp3) is 0.190. The molecule has 1 aromatic heterocycles. The third kappa shape index (κ3) is 4.60. The number of aryl methyl sites for hydroxylation is 3. The van der Waals surface area contributed by atoms with Crippen molar-refractivity contribution in [1.29, 1.82) is 0 Å². The predicted octanol–water partition coefficient (Wildman–Crippen LogP) is 5.20. The Morgan fingerprint density at radius 3 is 2.52 bits per heavy atom. The minimum atomic E-state index is -0.0751. The van der Waals surface area contributed by atoms with E-state index in [2.05, 4.69) is 22.4 Å². The summed E-state index contributed by atoms with van der Waals surface area (Å²) in [5.41, 5.74) is 8.94. The van der Waals surface area contributed by atoms with Gasteiger partial charge >= 0.3 is 0 Å². The molecule has 138 valence electrons. The monoisotopic (exact) mass is 378 g/mol. The van der Waals surface area contributed by atoms with Crippen molar-refractivity contribution in [1.82, 2.24) is 4.98 Å². The lowest BCUT2D eigenvalue weighted by Gasteiger charge is -2.19. The maximum Gasteiger partial charge on any atom is 0.230 e. The van der Waals surface area contributed by atoms with Crippen molar-refractivity contribution in [3.05, 3.63) is 70.2 Å². The highest BCUT2D eigenvalue weighted by Gasteiger charge is 2.18. The topological polar surface area (TPSA) is 57.6 Å². The van der Waals surface area contributed by atoms with Crippen LogP contribution >= 0.6 is 11.3 Å². The van der Waals surface area contributed by atoms with E-state index in [-0.39, 0.29) is 5.91 Å². The van der Waals surface area contributed by atoms with Gasteiger partial charge in [0, 0.05) is 12.3 Å². The van der Waals surface area contributed by atoms with Gasteiger partial charge in [-0.15, -0.1) is 11.3 Å². The zero-order valence-corrected chi connectivity index (χ0v) is 16.7. The van der Waals surface area contributed by atoms with E-state index in [0.717, 1.165) is 16.9 Å². The van der Waals surface area contributed by atoms with Crippen LogP contribution in [0.5, 0.6) is 0 Å². The van der Waals surface area contributed by atoms with Crippen LogP contribution in [0.2, 0.25) is 0 Å². The molecule has 0 saturated heterocycles. The first-order valence-corrected chi connectivity index (χ1v) is 9.51. The van der Waals surface area contributed by atoms with E-state index in [1.165, 1.54) is 22.5 Å². The van der Waals surface area contributed by atoms with Crippen LogP contribution in [0.15, 0.2) is 52.9 Å². The maximum absolute atomic E-state index is 12.2. The summed E-state index contributed by atoms with van der Waals surface area (Å²) in [4.78, 5) is 18.4. The lowest BCUT2D eigenvalue weighted by Crippen LogP contribution is -2.22. The molecule has 3 rings (SSSR count). The Kier molecular flexibility index (Phi) is 5.66. The first-order chi connectivity index (χ1) is 12.9. The number of anilines is 3. The van der Waals surface area contributed by atoms with E-state index in [1.54, 1.807) is 18.0 Å². The van der Waals surface area contributed by atoms with Crippen molar-refractivity contribution < 1.29 is 4.79 Å². The van der Waals surface area contributed by atoms with Gasteiger partial charge in [-0.2, -0.15) is 5.10 Å². The van der Waals surface area contributed by atoms with Crippen LogP contribution in [-0.4, -0.2) is 17.1 Å². The van der Waals surface area contributed by atoms with Crippen LogP contribution in [0.4, 0.5) is 16.5 Å². The van der Waals surface area contributed by atoms with Gasteiger partial charge in [0.15, 0.2) is 5.13 Å². The average Bonchev–Trinajstić information content (AvgIpc) is 3.08. The van der Waals surface area contributed by atoms with E-state index >= 15 is 0 Å². The van der Waals surface area contributed by atoms with Crippen molar-refractivity contribution in [3.8, 4) is 0 Å². The van der Waals surface area contributed by atoms with Gasteiger partial charge in [-0.25, -0.2) is 4.98 Å². The largest absolute Gasteiger partial charge is 0.278 e. The molecule has 1 amide bonds. The van der Waals surface area contributed by atoms with Gasteiger partial charge in [-0.3, -0.25) is 15.1 Å². The Balaban J connectivity index is 1.77. The lowest BCUT2D eigenvalue weighted by atomic mass is 10.1. The Morgan fingerprint density at radius 1 is 1.11 bits per heavy atom. The fourth-order valence-corrected chi connectivity index (χ4v) is 3.37. The van der Waals surface area contributed by atoms with Gasteiger partial charge in [-0.1, -0.05) is 23.8 Å². The molecular weight excluding hydrogens is 356 g/mol. The van der Waals surface area contributed by atoms with Gasteiger partial charge in [-0.05, 0) is 56.2 Å². The van der Waals surface area contributed by atoms with Crippen LogP contribution in [0.25, 0.3) is 0 Å². The van der Waals surface area contributed by atoms with Crippen molar-refractivity contribution in [3.63, 3.8) is 0 Å². The van der Waals surface area contributed by atoms with Crippen molar-refractivity contribution in [2.45, 2.75) is 27.7 Å². The molecular formula is C21H22N4OS. The summed E-state index contributed by atoms with van der Waals surface area (Å²) in [7, 11) is 0. The number of thiazole rings is 1. The van der Waals surface area contributed by atoms with Gasteiger partial charge in [0.25, 0.3) is 0 Å². The predicted molar refractivity (Wildman–Crippen MR) is 113 cm³/mol. The molecule has 2 aromatic carbocycles. The van der Waals surface area contributed by atoms with E-state index in [9.17, 15) is 4.79 Å². The number of hydrogen-bond acceptors (Lipinski definition) is 5. The van der Waals surface area contributed by atoms with Crippen molar-refractivity contribution in [2.24, 2.45) is 5.10 Å². The summed E-state index contributed by atoms with van der Waals surface area (Å²) in [6.07, 6.45) is 1.65.